The Bertz CT molecular complexity index is 161. The van der Waals surface area contributed by atoms with Crippen molar-refractivity contribution in [3.63, 3.8) is 0 Å². The second kappa shape index (κ2) is 5.69. The maximum absolute atomic E-state index is 5.93. The molecule has 3 heteroatoms. The highest BCUT2D eigenvalue weighted by atomic mass is 15.3. The summed E-state index contributed by atoms with van der Waals surface area (Å²) in [5.41, 5.74) is 5.93. The van der Waals surface area contributed by atoms with Crippen LogP contribution in [0.5, 0.6) is 0 Å². The van der Waals surface area contributed by atoms with Gasteiger partial charge in [-0.05, 0) is 33.4 Å². The van der Waals surface area contributed by atoms with Crippen molar-refractivity contribution >= 4 is 0 Å². The molecule has 1 aliphatic heterocycles. The summed E-state index contributed by atoms with van der Waals surface area (Å²) in [4.78, 5) is 4.97. The van der Waals surface area contributed by atoms with Crippen molar-refractivity contribution in [3.8, 4) is 0 Å². The van der Waals surface area contributed by atoms with Gasteiger partial charge in [-0.25, -0.2) is 0 Å². The Morgan fingerprint density at radius 2 is 2.14 bits per heavy atom. The zero-order valence-corrected chi connectivity index (χ0v) is 9.87. The van der Waals surface area contributed by atoms with Crippen LogP contribution in [0, 0.1) is 0 Å². The van der Waals surface area contributed by atoms with Gasteiger partial charge in [-0.2, -0.15) is 0 Å². The van der Waals surface area contributed by atoms with E-state index in [-0.39, 0.29) is 0 Å². The zero-order valence-electron chi connectivity index (χ0n) is 9.87. The summed E-state index contributed by atoms with van der Waals surface area (Å²) in [6.45, 7) is 9.25. The van der Waals surface area contributed by atoms with Crippen molar-refractivity contribution in [2.75, 3.05) is 33.2 Å². The lowest BCUT2D eigenvalue weighted by Gasteiger charge is -2.38. The average Bonchev–Trinajstić information content (AvgIpc) is 2.16. The summed E-state index contributed by atoms with van der Waals surface area (Å²) in [6.07, 6.45) is 2.24. The van der Waals surface area contributed by atoms with Gasteiger partial charge in [0.1, 0.15) is 0 Å². The van der Waals surface area contributed by atoms with Gasteiger partial charge in [0.2, 0.25) is 0 Å². The van der Waals surface area contributed by atoms with E-state index in [1.54, 1.807) is 0 Å². The summed E-state index contributed by atoms with van der Waals surface area (Å²) < 4.78 is 0. The minimum absolute atomic E-state index is 0.391. The van der Waals surface area contributed by atoms with Gasteiger partial charge in [-0.1, -0.05) is 6.92 Å². The van der Waals surface area contributed by atoms with E-state index in [9.17, 15) is 0 Å². The van der Waals surface area contributed by atoms with Crippen molar-refractivity contribution in [1.29, 1.82) is 0 Å². The van der Waals surface area contributed by atoms with Crippen molar-refractivity contribution in [3.05, 3.63) is 0 Å². The van der Waals surface area contributed by atoms with E-state index in [0.717, 1.165) is 12.8 Å². The maximum Gasteiger partial charge on any atom is 0.0195 e. The predicted octanol–water partition coefficient (Wildman–Crippen LogP) is 0.750. The molecule has 1 aliphatic rings. The molecule has 0 spiro atoms. The topological polar surface area (TPSA) is 32.5 Å². The van der Waals surface area contributed by atoms with Crippen LogP contribution in [-0.4, -0.2) is 55.1 Å². The van der Waals surface area contributed by atoms with Crippen LogP contribution < -0.4 is 5.73 Å². The molecule has 0 amide bonds. The Balaban J connectivity index is 2.24. The molecule has 0 radical (unpaired) electrons. The van der Waals surface area contributed by atoms with Crippen molar-refractivity contribution in [2.24, 2.45) is 5.73 Å². The van der Waals surface area contributed by atoms with E-state index in [0.29, 0.717) is 12.1 Å². The fourth-order valence-corrected chi connectivity index (χ4v) is 2.05. The molecule has 1 saturated heterocycles. The summed E-state index contributed by atoms with van der Waals surface area (Å²) in [5, 5.41) is 0. The average molecular weight is 199 g/mol. The van der Waals surface area contributed by atoms with Crippen LogP contribution >= 0.6 is 0 Å². The van der Waals surface area contributed by atoms with Gasteiger partial charge in [0.05, 0.1) is 0 Å². The molecule has 2 unspecified atom stereocenters. The molecule has 0 bridgehead atoms. The molecule has 0 aromatic heterocycles. The largest absolute Gasteiger partial charge is 0.328 e. The van der Waals surface area contributed by atoms with E-state index >= 15 is 0 Å². The van der Waals surface area contributed by atoms with Crippen LogP contribution in [0.15, 0.2) is 0 Å². The van der Waals surface area contributed by atoms with Crippen molar-refractivity contribution < 1.29 is 0 Å². The smallest absolute Gasteiger partial charge is 0.0195 e. The van der Waals surface area contributed by atoms with Gasteiger partial charge in [0.15, 0.2) is 0 Å². The second-order valence-electron chi connectivity index (χ2n) is 4.60. The molecule has 0 aliphatic carbocycles. The van der Waals surface area contributed by atoms with E-state index < -0.39 is 0 Å². The molecule has 0 aromatic carbocycles. The minimum atomic E-state index is 0.391. The molecule has 1 heterocycles. The monoisotopic (exact) mass is 199 g/mol. The molecular formula is C11H25N3. The molecule has 0 aromatic rings. The summed E-state index contributed by atoms with van der Waals surface area (Å²) in [6, 6.07) is 1.08. The molecule has 0 saturated carbocycles. The first-order valence-corrected chi connectivity index (χ1v) is 5.81. The molecule has 1 fully saturated rings. The van der Waals surface area contributed by atoms with Crippen LogP contribution in [0.1, 0.15) is 26.7 Å². The standard InChI is InChI=1S/C11H25N3/c1-4-11(12)5-6-14-8-7-13(3)9-10(14)2/h10-11H,4-9,12H2,1-3H3. The summed E-state index contributed by atoms with van der Waals surface area (Å²) in [5.74, 6) is 0. The van der Waals surface area contributed by atoms with Crippen molar-refractivity contribution in [2.45, 2.75) is 38.8 Å². The number of nitrogens with zero attached hydrogens (tertiary/aromatic N) is 2. The predicted molar refractivity (Wildman–Crippen MR) is 61.4 cm³/mol. The number of hydrogen-bond donors (Lipinski definition) is 1. The summed E-state index contributed by atoms with van der Waals surface area (Å²) in [7, 11) is 2.20. The molecule has 14 heavy (non-hydrogen) atoms. The third-order valence-corrected chi connectivity index (χ3v) is 3.28. The van der Waals surface area contributed by atoms with Crippen molar-refractivity contribution in [1.82, 2.24) is 9.80 Å². The number of nitrogens with two attached hydrogens (primary N) is 1. The Morgan fingerprint density at radius 3 is 2.71 bits per heavy atom. The maximum atomic E-state index is 5.93. The van der Waals surface area contributed by atoms with Gasteiger partial charge >= 0.3 is 0 Å². The first-order chi connectivity index (χ1) is 6.63. The van der Waals surface area contributed by atoms with Crippen LogP contribution in [0.25, 0.3) is 0 Å². The molecular weight excluding hydrogens is 174 g/mol. The Kier molecular flexibility index (Phi) is 4.85. The highest BCUT2D eigenvalue weighted by molar-refractivity contribution is 4.78. The lowest BCUT2D eigenvalue weighted by Crippen LogP contribution is -2.51. The number of likely N-dealkylation sites (N-methyl/N-ethyl adjacent to an activating group) is 1. The zero-order chi connectivity index (χ0) is 10.6. The van der Waals surface area contributed by atoms with Crippen LogP contribution in [0.4, 0.5) is 0 Å². The van der Waals surface area contributed by atoms with E-state index in [4.69, 9.17) is 5.73 Å². The first kappa shape index (κ1) is 12.0. The summed E-state index contributed by atoms with van der Waals surface area (Å²) >= 11 is 0. The fraction of sp³-hybridized carbons (Fsp3) is 1.00. The van der Waals surface area contributed by atoms with Gasteiger partial charge in [0, 0.05) is 31.7 Å². The van der Waals surface area contributed by atoms with Gasteiger partial charge in [-0.3, -0.25) is 4.90 Å². The van der Waals surface area contributed by atoms with Crippen LogP contribution in [0.3, 0.4) is 0 Å². The van der Waals surface area contributed by atoms with Crippen LogP contribution in [0.2, 0.25) is 0 Å². The molecule has 2 atom stereocenters. The SMILES string of the molecule is CCC(N)CCN1CCN(C)CC1C. The molecule has 1 rings (SSSR count). The number of piperazine rings is 1. The van der Waals surface area contributed by atoms with E-state index in [1.807, 2.05) is 0 Å². The third kappa shape index (κ3) is 3.56. The van der Waals surface area contributed by atoms with Gasteiger partial charge < -0.3 is 10.6 Å². The Hall–Kier alpha value is -0.120. The number of rotatable bonds is 4. The lowest BCUT2D eigenvalue weighted by atomic mass is 10.1. The highest BCUT2D eigenvalue weighted by Gasteiger charge is 2.20. The number of hydrogen-bond acceptors (Lipinski definition) is 3. The molecule has 3 nitrogen and oxygen atoms in total. The molecule has 2 N–H and O–H groups in total. The molecule has 84 valence electrons. The van der Waals surface area contributed by atoms with E-state index in [1.165, 1.54) is 26.2 Å². The highest BCUT2D eigenvalue weighted by Crippen LogP contribution is 2.09. The second-order valence-corrected chi connectivity index (χ2v) is 4.60. The minimum Gasteiger partial charge on any atom is -0.328 e. The van der Waals surface area contributed by atoms with Gasteiger partial charge in [0.25, 0.3) is 0 Å². The third-order valence-electron chi connectivity index (χ3n) is 3.28. The fourth-order valence-electron chi connectivity index (χ4n) is 2.05. The first-order valence-electron chi connectivity index (χ1n) is 5.81. The normalized spacial score (nSPS) is 27.9. The Morgan fingerprint density at radius 1 is 1.43 bits per heavy atom. The quantitative estimate of drug-likeness (QED) is 0.725. The van der Waals surface area contributed by atoms with Gasteiger partial charge in [-0.15, -0.1) is 0 Å². The van der Waals surface area contributed by atoms with E-state index in [2.05, 4.69) is 30.7 Å². The van der Waals surface area contributed by atoms with Crippen LogP contribution in [-0.2, 0) is 0 Å². The Labute approximate surface area is 88.2 Å². The lowest BCUT2D eigenvalue weighted by molar-refractivity contribution is 0.0972.